The lowest BCUT2D eigenvalue weighted by Crippen LogP contribution is -2.18. The van der Waals surface area contributed by atoms with Crippen molar-refractivity contribution in [3.05, 3.63) is 69.5 Å². The molecule has 0 radical (unpaired) electrons. The Kier molecular flexibility index (Phi) is 5.66. The quantitative estimate of drug-likeness (QED) is 0.686. The molecule has 3 N–H and O–H groups in total. The largest absolute Gasteiger partial charge is 0.369 e. The van der Waals surface area contributed by atoms with Crippen LogP contribution in [0, 0.1) is 13.8 Å². The van der Waals surface area contributed by atoms with E-state index in [2.05, 4.69) is 10.3 Å². The van der Waals surface area contributed by atoms with Crippen LogP contribution >= 0.6 is 11.3 Å². The fourth-order valence-corrected chi connectivity index (χ4v) is 3.81. The topological polar surface area (TPSA) is 85.1 Å². The van der Waals surface area contributed by atoms with Gasteiger partial charge in [0.2, 0.25) is 11.8 Å². The molecule has 1 heterocycles. The van der Waals surface area contributed by atoms with Crippen LogP contribution in [0.15, 0.2) is 48.5 Å². The molecule has 0 atom stereocenters. The fourth-order valence-electron chi connectivity index (χ4n) is 2.85. The van der Waals surface area contributed by atoms with Crippen LogP contribution in [-0.2, 0) is 22.4 Å². The van der Waals surface area contributed by atoms with Gasteiger partial charge in [-0.3, -0.25) is 9.59 Å². The van der Waals surface area contributed by atoms with Crippen molar-refractivity contribution in [1.29, 1.82) is 0 Å². The lowest BCUT2D eigenvalue weighted by Gasteiger charge is -2.10. The Labute approximate surface area is 162 Å². The molecule has 0 saturated heterocycles. The molecule has 0 saturated carbocycles. The molecule has 0 aliphatic carbocycles. The summed E-state index contributed by atoms with van der Waals surface area (Å²) >= 11 is 1.52. The van der Waals surface area contributed by atoms with E-state index in [1.54, 1.807) is 12.1 Å². The van der Waals surface area contributed by atoms with E-state index >= 15 is 0 Å². The first kappa shape index (κ1) is 18.8. The highest BCUT2D eigenvalue weighted by atomic mass is 32.1. The summed E-state index contributed by atoms with van der Waals surface area (Å²) in [5, 5.41) is 3.81. The molecule has 0 bridgehead atoms. The molecule has 3 aromatic rings. The second kappa shape index (κ2) is 8.14. The number of primary amides is 1. The molecule has 5 nitrogen and oxygen atoms in total. The molecule has 2 amide bonds. The molecule has 138 valence electrons. The van der Waals surface area contributed by atoms with E-state index in [1.807, 2.05) is 50.2 Å². The van der Waals surface area contributed by atoms with Gasteiger partial charge in [0.15, 0.2) is 0 Å². The monoisotopic (exact) mass is 379 g/mol. The number of hydrogen-bond donors (Lipinski definition) is 2. The zero-order valence-corrected chi connectivity index (χ0v) is 16.1. The number of carbonyl (C=O) groups is 2. The number of nitrogens with zero attached hydrogens (tertiary/aromatic N) is 1. The number of carbonyl (C=O) groups excluding carboxylic acids is 2. The molecule has 0 spiro atoms. The van der Waals surface area contributed by atoms with Gasteiger partial charge in [-0.15, -0.1) is 11.3 Å². The highest BCUT2D eigenvalue weighted by Gasteiger charge is 2.16. The fraction of sp³-hybridized carbons (Fsp3) is 0.190. The summed E-state index contributed by atoms with van der Waals surface area (Å²) in [6.45, 7) is 3.97. The number of amides is 2. The van der Waals surface area contributed by atoms with Gasteiger partial charge in [0.25, 0.3) is 0 Å². The summed E-state index contributed by atoms with van der Waals surface area (Å²) in [5.74, 6) is -0.583. The van der Waals surface area contributed by atoms with Crippen LogP contribution in [0.4, 0.5) is 5.69 Å². The number of thiazole rings is 1. The number of benzene rings is 2. The predicted octanol–water partition coefficient (Wildman–Crippen LogP) is 3.64. The summed E-state index contributed by atoms with van der Waals surface area (Å²) in [7, 11) is 0. The Morgan fingerprint density at radius 3 is 2.44 bits per heavy atom. The summed E-state index contributed by atoms with van der Waals surface area (Å²) in [5.41, 5.74) is 9.63. The van der Waals surface area contributed by atoms with Crippen LogP contribution in [-0.4, -0.2) is 16.8 Å². The Morgan fingerprint density at radius 2 is 1.74 bits per heavy atom. The van der Waals surface area contributed by atoms with Gasteiger partial charge in [-0.25, -0.2) is 4.98 Å². The van der Waals surface area contributed by atoms with Crippen molar-refractivity contribution < 1.29 is 9.59 Å². The van der Waals surface area contributed by atoms with E-state index in [4.69, 9.17) is 5.73 Å². The van der Waals surface area contributed by atoms with Crippen molar-refractivity contribution in [2.24, 2.45) is 5.73 Å². The van der Waals surface area contributed by atoms with Crippen LogP contribution in [0.1, 0.15) is 21.0 Å². The SMILES string of the molecule is Cc1ccc(-c2nc(C)sc2CC(=O)Nc2ccccc2CC(N)=O)cc1. The van der Waals surface area contributed by atoms with Crippen LogP contribution in [0.25, 0.3) is 11.3 Å². The molecular formula is C21H21N3O2S. The van der Waals surface area contributed by atoms with Gasteiger partial charge >= 0.3 is 0 Å². The van der Waals surface area contributed by atoms with E-state index in [0.29, 0.717) is 11.3 Å². The van der Waals surface area contributed by atoms with E-state index in [-0.39, 0.29) is 18.7 Å². The Balaban J connectivity index is 1.80. The van der Waals surface area contributed by atoms with Crippen LogP contribution in [0.5, 0.6) is 0 Å². The molecule has 27 heavy (non-hydrogen) atoms. The Hall–Kier alpha value is -2.99. The summed E-state index contributed by atoms with van der Waals surface area (Å²) in [6, 6.07) is 15.3. The van der Waals surface area contributed by atoms with E-state index < -0.39 is 5.91 Å². The maximum absolute atomic E-state index is 12.6. The minimum absolute atomic E-state index is 0.0880. The smallest absolute Gasteiger partial charge is 0.229 e. The lowest BCUT2D eigenvalue weighted by atomic mass is 10.1. The molecule has 0 aliphatic rings. The molecule has 0 unspecified atom stereocenters. The van der Waals surface area contributed by atoms with Crippen LogP contribution < -0.4 is 11.1 Å². The van der Waals surface area contributed by atoms with Gasteiger partial charge in [0, 0.05) is 16.1 Å². The summed E-state index contributed by atoms with van der Waals surface area (Å²) < 4.78 is 0. The van der Waals surface area contributed by atoms with Gasteiger partial charge < -0.3 is 11.1 Å². The van der Waals surface area contributed by atoms with Crippen molar-refractivity contribution in [2.45, 2.75) is 26.7 Å². The predicted molar refractivity (Wildman–Crippen MR) is 109 cm³/mol. The second-order valence-corrected chi connectivity index (χ2v) is 7.68. The van der Waals surface area contributed by atoms with Gasteiger partial charge in [0.1, 0.15) is 0 Å². The van der Waals surface area contributed by atoms with Crippen molar-refractivity contribution in [1.82, 2.24) is 4.98 Å². The maximum Gasteiger partial charge on any atom is 0.229 e. The first-order valence-electron chi connectivity index (χ1n) is 8.62. The minimum Gasteiger partial charge on any atom is -0.369 e. The Morgan fingerprint density at radius 1 is 1.04 bits per heavy atom. The molecule has 0 aliphatic heterocycles. The number of aryl methyl sites for hydroxylation is 2. The van der Waals surface area contributed by atoms with E-state index in [9.17, 15) is 9.59 Å². The number of anilines is 1. The third-order valence-electron chi connectivity index (χ3n) is 4.11. The zero-order chi connectivity index (χ0) is 19.4. The number of nitrogens with two attached hydrogens (primary N) is 1. The van der Waals surface area contributed by atoms with Gasteiger partial charge in [-0.1, -0.05) is 48.0 Å². The van der Waals surface area contributed by atoms with Crippen molar-refractivity contribution in [3.63, 3.8) is 0 Å². The van der Waals surface area contributed by atoms with Gasteiger partial charge in [-0.2, -0.15) is 0 Å². The number of aromatic nitrogens is 1. The maximum atomic E-state index is 12.6. The molecule has 0 fully saturated rings. The van der Waals surface area contributed by atoms with Crippen molar-refractivity contribution in [3.8, 4) is 11.3 Å². The lowest BCUT2D eigenvalue weighted by molar-refractivity contribution is -0.117. The van der Waals surface area contributed by atoms with Crippen LogP contribution in [0.3, 0.4) is 0 Å². The highest BCUT2D eigenvalue weighted by Crippen LogP contribution is 2.29. The first-order chi connectivity index (χ1) is 12.9. The van der Waals surface area contributed by atoms with Gasteiger partial charge in [0.05, 0.1) is 23.5 Å². The number of rotatable bonds is 6. The standard InChI is InChI=1S/C21H21N3O2S/c1-13-7-9-15(10-8-13)21-18(27-14(2)23-21)12-20(26)24-17-6-4-3-5-16(17)11-19(22)25/h3-10H,11-12H2,1-2H3,(H2,22,25)(H,24,26). The minimum atomic E-state index is -0.434. The number of hydrogen-bond acceptors (Lipinski definition) is 4. The Bertz CT molecular complexity index is 977. The number of nitrogens with one attached hydrogen (secondary N) is 1. The molecule has 1 aromatic heterocycles. The third-order valence-corrected chi connectivity index (χ3v) is 5.08. The molecule has 3 rings (SSSR count). The van der Waals surface area contributed by atoms with Gasteiger partial charge in [-0.05, 0) is 25.5 Å². The summed E-state index contributed by atoms with van der Waals surface area (Å²) in [6.07, 6.45) is 0.310. The van der Waals surface area contributed by atoms with Crippen molar-refractivity contribution >= 4 is 28.8 Å². The van der Waals surface area contributed by atoms with Crippen LogP contribution in [0.2, 0.25) is 0 Å². The summed E-state index contributed by atoms with van der Waals surface area (Å²) in [4.78, 5) is 29.4. The van der Waals surface area contributed by atoms with E-state index in [1.165, 1.54) is 16.9 Å². The second-order valence-electron chi connectivity index (χ2n) is 6.40. The first-order valence-corrected chi connectivity index (χ1v) is 9.43. The third kappa shape index (κ3) is 4.80. The molecule has 6 heteroatoms. The molecule has 2 aromatic carbocycles. The average Bonchev–Trinajstić information content (AvgIpc) is 2.97. The van der Waals surface area contributed by atoms with Crippen molar-refractivity contribution in [2.75, 3.05) is 5.32 Å². The highest BCUT2D eigenvalue weighted by molar-refractivity contribution is 7.12. The molecular weight excluding hydrogens is 358 g/mol. The number of para-hydroxylation sites is 1. The van der Waals surface area contributed by atoms with E-state index in [0.717, 1.165) is 21.1 Å². The zero-order valence-electron chi connectivity index (χ0n) is 15.3. The average molecular weight is 379 g/mol. The normalized spacial score (nSPS) is 10.6.